The first-order valence-electron chi connectivity index (χ1n) is 9.60. The van der Waals surface area contributed by atoms with E-state index in [9.17, 15) is 4.79 Å². The van der Waals surface area contributed by atoms with Crippen molar-refractivity contribution >= 4 is 22.4 Å². The number of amides is 1. The van der Waals surface area contributed by atoms with Gasteiger partial charge in [-0.3, -0.25) is 4.79 Å². The lowest BCUT2D eigenvalue weighted by molar-refractivity contribution is -0.116. The van der Waals surface area contributed by atoms with Crippen molar-refractivity contribution in [2.24, 2.45) is 0 Å². The number of ether oxygens (including phenoxy) is 1. The number of nitrogens with one attached hydrogen (secondary N) is 1. The molecule has 1 N–H and O–H groups in total. The molecule has 0 atom stereocenters. The van der Waals surface area contributed by atoms with Crippen molar-refractivity contribution in [1.29, 1.82) is 0 Å². The fraction of sp³-hybridized carbons (Fsp3) is 0.500. The number of furan rings is 1. The number of fused-ring (bicyclic) bond motifs is 1. The molecule has 1 amide bonds. The fourth-order valence-corrected chi connectivity index (χ4v) is 3.04. The summed E-state index contributed by atoms with van der Waals surface area (Å²) in [7, 11) is 0. The minimum atomic E-state index is -0.0540. The van der Waals surface area contributed by atoms with E-state index in [2.05, 4.69) is 18.3 Å². The van der Waals surface area contributed by atoms with Crippen molar-refractivity contribution in [3.05, 3.63) is 35.1 Å². The standard InChI is InChI=1S/C22H31NO3/c1-6-8-9-10-11-23-22(24)12-15(3)18-13-19-16(4)17(5)26-21(19)14-20(18)25-7-2/h12-14H,6-11H2,1-5H3,(H,23,24)/b15-12+. The largest absolute Gasteiger partial charge is 0.493 e. The SMILES string of the molecule is CCCCCCNC(=O)/C=C(\C)c1cc2c(C)c(C)oc2cc1OCC. The maximum atomic E-state index is 12.2. The third-order valence-corrected chi connectivity index (χ3v) is 4.68. The summed E-state index contributed by atoms with van der Waals surface area (Å²) < 4.78 is 11.6. The van der Waals surface area contributed by atoms with E-state index < -0.39 is 0 Å². The van der Waals surface area contributed by atoms with Gasteiger partial charge in [0.25, 0.3) is 0 Å². The molecule has 0 unspecified atom stereocenters. The lowest BCUT2D eigenvalue weighted by atomic mass is 10.0. The minimum absolute atomic E-state index is 0.0540. The molecule has 0 aliphatic carbocycles. The Morgan fingerprint density at radius 3 is 2.65 bits per heavy atom. The highest BCUT2D eigenvalue weighted by molar-refractivity contribution is 5.97. The summed E-state index contributed by atoms with van der Waals surface area (Å²) in [6.07, 6.45) is 6.25. The first kappa shape index (κ1) is 20.1. The van der Waals surface area contributed by atoms with E-state index in [1.807, 2.05) is 33.8 Å². The van der Waals surface area contributed by atoms with Gasteiger partial charge in [0.05, 0.1) is 6.61 Å². The van der Waals surface area contributed by atoms with E-state index in [0.717, 1.165) is 58.6 Å². The van der Waals surface area contributed by atoms with E-state index in [-0.39, 0.29) is 5.91 Å². The second-order valence-electron chi connectivity index (χ2n) is 6.74. The molecule has 1 aromatic heterocycles. The monoisotopic (exact) mass is 357 g/mol. The summed E-state index contributed by atoms with van der Waals surface area (Å²) in [5.74, 6) is 1.60. The van der Waals surface area contributed by atoms with E-state index in [4.69, 9.17) is 9.15 Å². The predicted octanol–water partition coefficient (Wildman–Crippen LogP) is 5.55. The molecule has 0 aliphatic rings. The van der Waals surface area contributed by atoms with Crippen LogP contribution in [0.3, 0.4) is 0 Å². The molecule has 2 aromatic rings. The van der Waals surface area contributed by atoms with Crippen LogP contribution in [0.25, 0.3) is 16.5 Å². The third kappa shape index (κ3) is 4.90. The second kappa shape index (κ2) is 9.46. The third-order valence-electron chi connectivity index (χ3n) is 4.68. The Kier molecular flexibility index (Phi) is 7.31. The first-order chi connectivity index (χ1) is 12.5. The highest BCUT2D eigenvalue weighted by Crippen LogP contribution is 2.34. The molecular weight excluding hydrogens is 326 g/mol. The Labute approximate surface area is 156 Å². The van der Waals surface area contributed by atoms with E-state index in [0.29, 0.717) is 6.61 Å². The zero-order chi connectivity index (χ0) is 19.1. The zero-order valence-electron chi connectivity index (χ0n) is 16.7. The van der Waals surface area contributed by atoms with Crippen molar-refractivity contribution in [2.75, 3.05) is 13.2 Å². The van der Waals surface area contributed by atoms with Crippen LogP contribution in [0.1, 0.15) is 63.3 Å². The highest BCUT2D eigenvalue weighted by atomic mass is 16.5. The van der Waals surface area contributed by atoms with Gasteiger partial charge in [-0.1, -0.05) is 26.2 Å². The Morgan fingerprint density at radius 1 is 1.19 bits per heavy atom. The van der Waals surface area contributed by atoms with Crippen molar-refractivity contribution in [1.82, 2.24) is 5.32 Å². The summed E-state index contributed by atoms with van der Waals surface area (Å²) in [6.45, 7) is 11.4. The van der Waals surface area contributed by atoms with Gasteiger partial charge in [-0.2, -0.15) is 0 Å². The van der Waals surface area contributed by atoms with E-state index in [1.165, 1.54) is 12.8 Å². The Hall–Kier alpha value is -2.23. The molecule has 0 aliphatic heterocycles. The molecule has 0 fully saturated rings. The quantitative estimate of drug-likeness (QED) is 0.473. The Balaban J connectivity index is 2.21. The highest BCUT2D eigenvalue weighted by Gasteiger charge is 2.14. The molecule has 0 saturated carbocycles. The Bertz CT molecular complexity index is 786. The van der Waals surface area contributed by atoms with Crippen LogP contribution in [-0.4, -0.2) is 19.1 Å². The minimum Gasteiger partial charge on any atom is -0.493 e. The van der Waals surface area contributed by atoms with Gasteiger partial charge < -0.3 is 14.5 Å². The number of aryl methyl sites for hydroxylation is 2. The molecule has 26 heavy (non-hydrogen) atoms. The second-order valence-corrected chi connectivity index (χ2v) is 6.74. The normalized spacial score (nSPS) is 11.8. The van der Waals surface area contributed by atoms with Crippen molar-refractivity contribution in [3.8, 4) is 5.75 Å². The van der Waals surface area contributed by atoms with Crippen LogP contribution in [0.4, 0.5) is 0 Å². The van der Waals surface area contributed by atoms with E-state index in [1.54, 1.807) is 6.08 Å². The number of hydrogen-bond acceptors (Lipinski definition) is 3. The molecule has 142 valence electrons. The van der Waals surface area contributed by atoms with Crippen LogP contribution in [0.15, 0.2) is 22.6 Å². The molecule has 0 bridgehead atoms. The molecule has 0 spiro atoms. The van der Waals surface area contributed by atoms with Crippen LogP contribution >= 0.6 is 0 Å². The number of allylic oxidation sites excluding steroid dienone is 1. The molecule has 1 aromatic carbocycles. The number of benzene rings is 1. The molecule has 1 heterocycles. The topological polar surface area (TPSA) is 51.5 Å². The number of carbonyl (C=O) groups is 1. The summed E-state index contributed by atoms with van der Waals surface area (Å²) in [5.41, 5.74) is 3.77. The predicted molar refractivity (Wildman–Crippen MR) is 108 cm³/mol. The van der Waals surface area contributed by atoms with Crippen molar-refractivity contribution in [3.63, 3.8) is 0 Å². The molecule has 2 rings (SSSR count). The molecule has 0 radical (unpaired) electrons. The number of rotatable bonds is 9. The summed E-state index contributed by atoms with van der Waals surface area (Å²) in [6, 6.07) is 3.99. The number of unbranched alkanes of at least 4 members (excludes halogenated alkanes) is 3. The van der Waals surface area contributed by atoms with Gasteiger partial charge in [0.15, 0.2) is 0 Å². The van der Waals surface area contributed by atoms with Gasteiger partial charge in [0.1, 0.15) is 17.1 Å². The van der Waals surface area contributed by atoms with Gasteiger partial charge in [-0.25, -0.2) is 0 Å². The lowest BCUT2D eigenvalue weighted by Crippen LogP contribution is -2.22. The molecule has 0 saturated heterocycles. The smallest absolute Gasteiger partial charge is 0.244 e. The summed E-state index contributed by atoms with van der Waals surface area (Å²) in [5, 5.41) is 4.04. The van der Waals surface area contributed by atoms with Gasteiger partial charge in [-0.15, -0.1) is 0 Å². The maximum absolute atomic E-state index is 12.2. The van der Waals surface area contributed by atoms with Crippen LogP contribution in [-0.2, 0) is 4.79 Å². The Morgan fingerprint density at radius 2 is 1.96 bits per heavy atom. The van der Waals surface area contributed by atoms with Crippen LogP contribution in [0.2, 0.25) is 0 Å². The van der Waals surface area contributed by atoms with Gasteiger partial charge in [0, 0.05) is 29.6 Å². The van der Waals surface area contributed by atoms with Gasteiger partial charge in [0.2, 0.25) is 5.91 Å². The van der Waals surface area contributed by atoms with E-state index >= 15 is 0 Å². The number of hydrogen-bond donors (Lipinski definition) is 1. The molecule has 4 heteroatoms. The average molecular weight is 357 g/mol. The zero-order valence-corrected chi connectivity index (χ0v) is 16.7. The average Bonchev–Trinajstić information content (AvgIpc) is 2.88. The van der Waals surface area contributed by atoms with Crippen molar-refractivity contribution < 1.29 is 13.9 Å². The van der Waals surface area contributed by atoms with Crippen LogP contribution < -0.4 is 10.1 Å². The molecule has 4 nitrogen and oxygen atoms in total. The van der Waals surface area contributed by atoms with Gasteiger partial charge in [-0.05, 0) is 51.3 Å². The lowest BCUT2D eigenvalue weighted by Gasteiger charge is -2.11. The molecular formula is C22H31NO3. The summed E-state index contributed by atoms with van der Waals surface area (Å²) in [4.78, 5) is 12.2. The van der Waals surface area contributed by atoms with Crippen molar-refractivity contribution in [2.45, 2.75) is 60.3 Å². The summed E-state index contributed by atoms with van der Waals surface area (Å²) >= 11 is 0. The van der Waals surface area contributed by atoms with Crippen LogP contribution in [0, 0.1) is 13.8 Å². The fourth-order valence-electron chi connectivity index (χ4n) is 3.04. The van der Waals surface area contributed by atoms with Gasteiger partial charge >= 0.3 is 0 Å². The first-order valence-corrected chi connectivity index (χ1v) is 9.60. The maximum Gasteiger partial charge on any atom is 0.244 e. The number of carbonyl (C=O) groups excluding carboxylic acids is 1. The van der Waals surface area contributed by atoms with Crippen LogP contribution in [0.5, 0.6) is 5.75 Å².